The minimum atomic E-state index is -0.460. The molecule has 1 heterocycles. The van der Waals surface area contributed by atoms with Crippen LogP contribution in [0.3, 0.4) is 0 Å². The second-order valence-electron chi connectivity index (χ2n) is 7.49. The number of rotatable bonds is 6. The summed E-state index contributed by atoms with van der Waals surface area (Å²) in [5.74, 6) is 0.0277. The summed E-state index contributed by atoms with van der Waals surface area (Å²) >= 11 is 0. The average Bonchev–Trinajstić information content (AvgIpc) is 3.05. The first-order valence-corrected chi connectivity index (χ1v) is 10.2. The number of aryl methyl sites for hydroxylation is 2. The lowest BCUT2D eigenvalue weighted by molar-refractivity contribution is -0.120. The minimum absolute atomic E-state index is 0.189. The maximum atomic E-state index is 13.7. The van der Waals surface area contributed by atoms with Crippen LogP contribution in [-0.4, -0.2) is 26.0 Å². The Kier molecular flexibility index (Phi) is 5.69. The van der Waals surface area contributed by atoms with Gasteiger partial charge in [0.2, 0.25) is 0 Å². The number of carbonyl (C=O) groups excluding carboxylic acids is 2. The minimum Gasteiger partial charge on any atom is -0.496 e. The van der Waals surface area contributed by atoms with Gasteiger partial charge < -0.3 is 14.8 Å². The SMILES string of the molecule is COc1ccccc1C1=C(Nc2ccc(C)c(C)c2)C(=O)N(c2ccccc2OC)C1=O. The van der Waals surface area contributed by atoms with E-state index in [4.69, 9.17) is 9.47 Å². The van der Waals surface area contributed by atoms with E-state index >= 15 is 0 Å². The van der Waals surface area contributed by atoms with Gasteiger partial charge in [-0.3, -0.25) is 9.59 Å². The molecule has 3 aromatic carbocycles. The van der Waals surface area contributed by atoms with E-state index in [1.54, 1.807) is 36.4 Å². The zero-order chi connectivity index (χ0) is 22.8. The highest BCUT2D eigenvalue weighted by Gasteiger charge is 2.42. The highest BCUT2D eigenvalue weighted by molar-refractivity contribution is 6.46. The van der Waals surface area contributed by atoms with E-state index in [1.807, 2.05) is 44.2 Å². The van der Waals surface area contributed by atoms with Crippen molar-refractivity contribution in [3.8, 4) is 11.5 Å². The van der Waals surface area contributed by atoms with Crippen LogP contribution in [0.25, 0.3) is 5.57 Å². The third kappa shape index (κ3) is 3.60. The molecule has 32 heavy (non-hydrogen) atoms. The normalized spacial score (nSPS) is 13.6. The maximum absolute atomic E-state index is 13.7. The first kappa shape index (κ1) is 21.2. The van der Waals surface area contributed by atoms with Crippen molar-refractivity contribution < 1.29 is 19.1 Å². The van der Waals surface area contributed by atoms with Gasteiger partial charge in [0.05, 0.1) is 25.5 Å². The molecule has 2 amide bonds. The second-order valence-corrected chi connectivity index (χ2v) is 7.49. The number of methoxy groups -OCH3 is 2. The van der Waals surface area contributed by atoms with E-state index < -0.39 is 11.8 Å². The van der Waals surface area contributed by atoms with Gasteiger partial charge in [0.25, 0.3) is 11.8 Å². The zero-order valence-electron chi connectivity index (χ0n) is 18.4. The highest BCUT2D eigenvalue weighted by Crippen LogP contribution is 2.40. The zero-order valence-corrected chi connectivity index (χ0v) is 18.4. The summed E-state index contributed by atoms with van der Waals surface area (Å²) in [4.78, 5) is 28.4. The van der Waals surface area contributed by atoms with E-state index in [1.165, 1.54) is 14.2 Å². The molecule has 0 aliphatic carbocycles. The van der Waals surface area contributed by atoms with Crippen LogP contribution < -0.4 is 19.7 Å². The Hall–Kier alpha value is -4.06. The van der Waals surface area contributed by atoms with Crippen molar-refractivity contribution in [1.29, 1.82) is 0 Å². The van der Waals surface area contributed by atoms with E-state index in [0.717, 1.165) is 21.7 Å². The van der Waals surface area contributed by atoms with Gasteiger partial charge in [0.1, 0.15) is 17.2 Å². The van der Waals surface area contributed by atoms with Crippen LogP contribution >= 0.6 is 0 Å². The Morgan fingerprint density at radius 3 is 2.09 bits per heavy atom. The lowest BCUT2D eigenvalue weighted by Gasteiger charge is -2.18. The molecule has 0 aromatic heterocycles. The molecule has 162 valence electrons. The molecular formula is C26H24N2O4. The average molecular weight is 428 g/mol. The first-order chi connectivity index (χ1) is 15.5. The molecule has 6 nitrogen and oxygen atoms in total. The highest BCUT2D eigenvalue weighted by atomic mass is 16.5. The largest absolute Gasteiger partial charge is 0.496 e. The van der Waals surface area contributed by atoms with E-state index in [-0.39, 0.29) is 11.3 Å². The third-order valence-electron chi connectivity index (χ3n) is 5.56. The van der Waals surface area contributed by atoms with E-state index in [2.05, 4.69) is 5.32 Å². The van der Waals surface area contributed by atoms with E-state index in [9.17, 15) is 9.59 Å². The number of nitrogens with zero attached hydrogens (tertiary/aromatic N) is 1. The predicted octanol–water partition coefficient (Wildman–Crippen LogP) is 4.72. The number of hydrogen-bond acceptors (Lipinski definition) is 5. The van der Waals surface area contributed by atoms with E-state index in [0.29, 0.717) is 22.7 Å². The molecule has 1 N–H and O–H groups in total. The molecule has 1 aliphatic heterocycles. The number of amides is 2. The third-order valence-corrected chi connectivity index (χ3v) is 5.56. The monoisotopic (exact) mass is 428 g/mol. The second kappa shape index (κ2) is 8.59. The predicted molar refractivity (Wildman–Crippen MR) is 125 cm³/mol. The lowest BCUT2D eigenvalue weighted by Crippen LogP contribution is -2.32. The van der Waals surface area contributed by atoms with Crippen LogP contribution in [0.15, 0.2) is 72.4 Å². The Morgan fingerprint density at radius 1 is 0.750 bits per heavy atom. The number of carbonyl (C=O) groups is 2. The Bertz CT molecular complexity index is 1250. The number of imide groups is 1. The molecule has 0 bridgehead atoms. The van der Waals surface area contributed by atoms with Crippen molar-refractivity contribution >= 4 is 28.8 Å². The van der Waals surface area contributed by atoms with Crippen molar-refractivity contribution in [3.05, 3.63) is 89.1 Å². The summed E-state index contributed by atoms with van der Waals surface area (Å²) in [6.07, 6.45) is 0. The molecule has 0 unspecified atom stereocenters. The fourth-order valence-electron chi connectivity index (χ4n) is 3.74. The van der Waals surface area contributed by atoms with Gasteiger partial charge in [-0.15, -0.1) is 0 Å². The van der Waals surface area contributed by atoms with Gasteiger partial charge in [-0.05, 0) is 55.3 Å². The first-order valence-electron chi connectivity index (χ1n) is 10.2. The Labute approximate surface area is 187 Å². The van der Waals surface area contributed by atoms with Crippen LogP contribution in [0, 0.1) is 13.8 Å². The molecule has 0 spiro atoms. The quantitative estimate of drug-likeness (QED) is 0.576. The summed E-state index contributed by atoms with van der Waals surface area (Å²) in [6, 6.07) is 19.9. The molecule has 3 aromatic rings. The fourth-order valence-corrected chi connectivity index (χ4v) is 3.74. The van der Waals surface area contributed by atoms with Gasteiger partial charge in [-0.1, -0.05) is 36.4 Å². The molecule has 0 atom stereocenters. The van der Waals surface area contributed by atoms with Crippen LogP contribution in [0.5, 0.6) is 11.5 Å². The van der Waals surface area contributed by atoms with Gasteiger partial charge in [0.15, 0.2) is 0 Å². The number of nitrogens with one attached hydrogen (secondary N) is 1. The molecular weight excluding hydrogens is 404 g/mol. The van der Waals surface area contributed by atoms with Gasteiger partial charge >= 0.3 is 0 Å². The number of para-hydroxylation sites is 3. The Morgan fingerprint density at radius 2 is 1.41 bits per heavy atom. The van der Waals surface area contributed by atoms with Crippen molar-refractivity contribution in [3.63, 3.8) is 0 Å². The fraction of sp³-hybridized carbons (Fsp3) is 0.154. The smallest absolute Gasteiger partial charge is 0.282 e. The number of hydrogen-bond donors (Lipinski definition) is 1. The van der Waals surface area contributed by atoms with Crippen molar-refractivity contribution in [1.82, 2.24) is 0 Å². The number of ether oxygens (including phenoxy) is 2. The molecule has 0 saturated heterocycles. The van der Waals surface area contributed by atoms with Crippen LogP contribution in [0.1, 0.15) is 16.7 Å². The molecule has 0 fully saturated rings. The summed E-state index contributed by atoms with van der Waals surface area (Å²) in [5.41, 5.74) is 4.29. The van der Waals surface area contributed by atoms with Gasteiger partial charge in [0, 0.05) is 11.3 Å². The lowest BCUT2D eigenvalue weighted by atomic mass is 10.0. The topological polar surface area (TPSA) is 67.9 Å². The molecule has 6 heteroatoms. The molecule has 1 aliphatic rings. The van der Waals surface area contributed by atoms with Gasteiger partial charge in [-0.25, -0.2) is 4.90 Å². The molecule has 4 rings (SSSR count). The summed E-state index contributed by atoms with van der Waals surface area (Å²) < 4.78 is 10.9. The Balaban J connectivity index is 1.89. The van der Waals surface area contributed by atoms with Gasteiger partial charge in [-0.2, -0.15) is 0 Å². The summed E-state index contributed by atoms with van der Waals surface area (Å²) in [6.45, 7) is 4.02. The summed E-state index contributed by atoms with van der Waals surface area (Å²) in [7, 11) is 3.04. The number of anilines is 2. The number of benzene rings is 3. The van der Waals surface area contributed by atoms with Crippen LogP contribution in [0.2, 0.25) is 0 Å². The molecule has 0 radical (unpaired) electrons. The van der Waals surface area contributed by atoms with Crippen LogP contribution in [-0.2, 0) is 9.59 Å². The maximum Gasteiger partial charge on any atom is 0.282 e. The molecule has 0 saturated carbocycles. The standard InChI is InChI=1S/C26H24N2O4/c1-16-13-14-18(15-17(16)2)27-24-23(19-9-5-7-11-21(19)31-3)25(29)28(26(24)30)20-10-6-8-12-22(20)32-4/h5-15,27H,1-4H3. The van der Waals surface area contributed by atoms with Crippen molar-refractivity contribution in [2.45, 2.75) is 13.8 Å². The summed E-state index contributed by atoms with van der Waals surface area (Å²) in [5, 5.41) is 3.20. The van der Waals surface area contributed by atoms with Crippen molar-refractivity contribution in [2.75, 3.05) is 24.4 Å². The van der Waals surface area contributed by atoms with Crippen molar-refractivity contribution in [2.24, 2.45) is 0 Å². The van der Waals surface area contributed by atoms with Crippen LogP contribution in [0.4, 0.5) is 11.4 Å².